The highest BCUT2D eigenvalue weighted by Crippen LogP contribution is 2.08. The third-order valence-electron chi connectivity index (χ3n) is 3.20. The van der Waals surface area contributed by atoms with Crippen LogP contribution in [0, 0.1) is 10.8 Å². The predicted molar refractivity (Wildman–Crippen MR) is 82.3 cm³/mol. The molecule has 1 aliphatic heterocycles. The first-order valence-electron chi connectivity index (χ1n) is 6.68. The Morgan fingerprint density at radius 1 is 1.16 bits per heavy atom. The van der Waals surface area contributed by atoms with Crippen molar-refractivity contribution in [3.05, 3.63) is 24.3 Å². The maximum Gasteiger partial charge on any atom is 0.199 e. The number of piperidine rings is 1. The number of nitrogens with one attached hydrogen (secondary N) is 4. The van der Waals surface area contributed by atoms with Crippen LogP contribution in [-0.2, 0) is 0 Å². The smallest absolute Gasteiger partial charge is 0.199 e. The summed E-state index contributed by atoms with van der Waals surface area (Å²) in [5.74, 6) is 0.450. The van der Waals surface area contributed by atoms with Gasteiger partial charge in [0.25, 0.3) is 0 Å². The molecule has 0 saturated carbocycles. The quantitative estimate of drug-likeness (QED) is 0.332. The van der Waals surface area contributed by atoms with Gasteiger partial charge in [0.1, 0.15) is 7.85 Å². The maximum absolute atomic E-state index is 7.96. The van der Waals surface area contributed by atoms with Crippen LogP contribution in [0.25, 0.3) is 0 Å². The summed E-state index contributed by atoms with van der Waals surface area (Å²) in [7, 11) is 2.01. The van der Waals surface area contributed by atoms with Gasteiger partial charge in [0.15, 0.2) is 11.9 Å². The predicted octanol–water partition coefficient (Wildman–Crippen LogP) is 0.302. The van der Waals surface area contributed by atoms with Crippen molar-refractivity contribution in [2.75, 3.05) is 18.4 Å². The van der Waals surface area contributed by atoms with Crippen LogP contribution in [0.15, 0.2) is 24.3 Å². The van der Waals surface area contributed by atoms with Crippen molar-refractivity contribution in [3.8, 4) is 0 Å². The third kappa shape index (κ3) is 4.01. The number of rotatable bonds is 1. The minimum Gasteiger partial charge on any atom is -0.343 e. The zero-order valence-corrected chi connectivity index (χ0v) is 11.3. The summed E-state index contributed by atoms with van der Waals surface area (Å²) < 4.78 is 0. The van der Waals surface area contributed by atoms with Crippen LogP contribution < -0.4 is 16.1 Å². The standard InChI is InChI=1S/C13H20BN5/c14-10-5-4-6-11(9-10)17-12(15)18-13(16)19-7-2-1-3-8-19/h4-6,9H,1-3,7-8,14H2,(H4,15,16,17,18). The fourth-order valence-electron chi connectivity index (χ4n) is 2.21. The first kappa shape index (κ1) is 13.5. The second-order valence-corrected chi connectivity index (χ2v) is 4.89. The SMILES string of the molecule is Bc1cccc(NC(=N)NC(=N)N2CCCCC2)c1. The topological polar surface area (TPSA) is 75.0 Å². The van der Waals surface area contributed by atoms with Crippen molar-refractivity contribution in [1.82, 2.24) is 10.2 Å². The molecule has 1 fully saturated rings. The summed E-state index contributed by atoms with van der Waals surface area (Å²) >= 11 is 0. The number of likely N-dealkylation sites (tertiary alicyclic amines) is 1. The van der Waals surface area contributed by atoms with Crippen LogP contribution in [0.1, 0.15) is 19.3 Å². The van der Waals surface area contributed by atoms with Gasteiger partial charge in [0.05, 0.1) is 0 Å². The average Bonchev–Trinajstić information content (AvgIpc) is 2.39. The summed E-state index contributed by atoms with van der Waals surface area (Å²) in [5.41, 5.74) is 2.01. The van der Waals surface area contributed by atoms with E-state index in [9.17, 15) is 0 Å². The highest BCUT2D eigenvalue weighted by molar-refractivity contribution is 6.32. The van der Waals surface area contributed by atoms with Crippen molar-refractivity contribution in [3.63, 3.8) is 0 Å². The Morgan fingerprint density at radius 3 is 2.58 bits per heavy atom. The molecular formula is C13H20BN5. The van der Waals surface area contributed by atoms with Crippen molar-refractivity contribution >= 4 is 30.9 Å². The number of nitrogens with zero attached hydrogens (tertiary/aromatic N) is 1. The second-order valence-electron chi connectivity index (χ2n) is 4.89. The van der Waals surface area contributed by atoms with E-state index in [4.69, 9.17) is 10.8 Å². The van der Waals surface area contributed by atoms with Crippen LogP contribution >= 0.6 is 0 Å². The van der Waals surface area contributed by atoms with E-state index in [-0.39, 0.29) is 5.96 Å². The molecule has 0 spiro atoms. The molecule has 5 nitrogen and oxygen atoms in total. The Labute approximate surface area is 114 Å². The molecule has 0 aromatic heterocycles. The molecule has 1 saturated heterocycles. The molecule has 1 heterocycles. The van der Waals surface area contributed by atoms with Gasteiger partial charge in [0.2, 0.25) is 0 Å². The Kier molecular flexibility index (Phi) is 4.44. The summed E-state index contributed by atoms with van der Waals surface area (Å²) in [6.45, 7) is 1.81. The molecule has 0 aliphatic carbocycles. The van der Waals surface area contributed by atoms with Crippen molar-refractivity contribution in [1.29, 1.82) is 10.8 Å². The maximum atomic E-state index is 7.96. The van der Waals surface area contributed by atoms with Gasteiger partial charge < -0.3 is 10.2 Å². The lowest BCUT2D eigenvalue weighted by Gasteiger charge is -2.29. The van der Waals surface area contributed by atoms with E-state index in [2.05, 4.69) is 10.6 Å². The molecule has 2 rings (SSSR count). The molecule has 0 atom stereocenters. The number of benzene rings is 1. The van der Waals surface area contributed by atoms with E-state index >= 15 is 0 Å². The highest BCUT2D eigenvalue weighted by atomic mass is 15.3. The molecule has 1 aromatic rings. The van der Waals surface area contributed by atoms with Gasteiger partial charge in [-0.15, -0.1) is 0 Å². The number of hydrogen-bond donors (Lipinski definition) is 4. The zero-order chi connectivity index (χ0) is 13.7. The minimum absolute atomic E-state index is 0.140. The van der Waals surface area contributed by atoms with Gasteiger partial charge in [-0.25, -0.2) is 0 Å². The van der Waals surface area contributed by atoms with E-state index in [1.165, 1.54) is 6.42 Å². The minimum atomic E-state index is 0.140. The van der Waals surface area contributed by atoms with Gasteiger partial charge in [-0.05, 0) is 31.4 Å². The molecule has 0 unspecified atom stereocenters. The number of guanidine groups is 2. The van der Waals surface area contributed by atoms with Gasteiger partial charge >= 0.3 is 0 Å². The van der Waals surface area contributed by atoms with Crippen molar-refractivity contribution in [2.24, 2.45) is 0 Å². The van der Waals surface area contributed by atoms with E-state index in [1.807, 2.05) is 37.0 Å². The van der Waals surface area contributed by atoms with Gasteiger partial charge in [0, 0.05) is 18.8 Å². The Bertz CT molecular complexity index is 468. The van der Waals surface area contributed by atoms with Crippen LogP contribution in [0.2, 0.25) is 0 Å². The summed E-state index contributed by atoms with van der Waals surface area (Å²) in [6.07, 6.45) is 3.49. The van der Waals surface area contributed by atoms with E-state index in [0.717, 1.165) is 37.1 Å². The molecule has 0 radical (unpaired) electrons. The number of hydrogen-bond acceptors (Lipinski definition) is 2. The lowest BCUT2D eigenvalue weighted by molar-refractivity contribution is 0.334. The molecule has 19 heavy (non-hydrogen) atoms. The zero-order valence-electron chi connectivity index (χ0n) is 11.3. The molecule has 0 amide bonds. The summed E-state index contributed by atoms with van der Waals surface area (Å²) in [4.78, 5) is 1.98. The van der Waals surface area contributed by atoms with Gasteiger partial charge in [-0.2, -0.15) is 0 Å². The number of anilines is 1. The highest BCUT2D eigenvalue weighted by Gasteiger charge is 2.14. The van der Waals surface area contributed by atoms with Crippen LogP contribution in [0.4, 0.5) is 5.69 Å². The lowest BCUT2D eigenvalue weighted by atomic mass is 9.96. The molecule has 1 aliphatic rings. The Morgan fingerprint density at radius 2 is 1.89 bits per heavy atom. The molecule has 0 bridgehead atoms. The van der Waals surface area contributed by atoms with Crippen molar-refractivity contribution in [2.45, 2.75) is 19.3 Å². The van der Waals surface area contributed by atoms with E-state index in [0.29, 0.717) is 5.96 Å². The lowest BCUT2D eigenvalue weighted by Crippen LogP contribution is -2.47. The van der Waals surface area contributed by atoms with Crippen molar-refractivity contribution < 1.29 is 0 Å². The first-order chi connectivity index (χ1) is 9.15. The summed E-state index contributed by atoms with van der Waals surface area (Å²) in [5, 5.41) is 21.6. The third-order valence-corrected chi connectivity index (χ3v) is 3.20. The largest absolute Gasteiger partial charge is 0.343 e. The summed E-state index contributed by atoms with van der Waals surface area (Å²) in [6, 6.07) is 7.84. The monoisotopic (exact) mass is 257 g/mol. The van der Waals surface area contributed by atoms with Gasteiger partial charge in [-0.1, -0.05) is 17.6 Å². The molecule has 1 aromatic carbocycles. The van der Waals surface area contributed by atoms with Crippen LogP contribution in [-0.4, -0.2) is 37.8 Å². The fraction of sp³-hybridized carbons (Fsp3) is 0.385. The van der Waals surface area contributed by atoms with Crippen LogP contribution in [0.5, 0.6) is 0 Å². The molecule has 6 heteroatoms. The van der Waals surface area contributed by atoms with E-state index in [1.54, 1.807) is 0 Å². The second kappa shape index (κ2) is 6.27. The average molecular weight is 257 g/mol. The Balaban J connectivity index is 1.85. The molecule has 4 N–H and O–H groups in total. The Hall–Kier alpha value is -1.98. The molecule has 100 valence electrons. The van der Waals surface area contributed by atoms with Gasteiger partial charge in [-0.3, -0.25) is 16.1 Å². The fourth-order valence-corrected chi connectivity index (χ4v) is 2.21. The normalized spacial score (nSPS) is 14.8. The van der Waals surface area contributed by atoms with Crippen LogP contribution in [0.3, 0.4) is 0 Å². The van der Waals surface area contributed by atoms with E-state index < -0.39 is 0 Å². The first-order valence-corrected chi connectivity index (χ1v) is 6.68. The molecular weight excluding hydrogens is 237 g/mol.